The van der Waals surface area contributed by atoms with Crippen LogP contribution in [-0.4, -0.2) is 23.4 Å². The Balaban J connectivity index is 0.00000300. The largest absolute Gasteiger partial charge is 0.444 e. The molecule has 4 N–H and O–H groups in total. The second-order valence-corrected chi connectivity index (χ2v) is 6.12. The van der Waals surface area contributed by atoms with Gasteiger partial charge in [0.15, 0.2) is 5.96 Å². The lowest BCUT2D eigenvalue weighted by atomic mass is 10.1. The minimum Gasteiger partial charge on any atom is -0.444 e. The molecular weight excluding hydrogens is 481 g/mol. The van der Waals surface area contributed by atoms with Crippen LogP contribution in [0.3, 0.4) is 0 Å². The van der Waals surface area contributed by atoms with E-state index >= 15 is 0 Å². The third-order valence-electron chi connectivity index (χ3n) is 4.01. The smallest absolute Gasteiger partial charge is 0.248 e. The van der Waals surface area contributed by atoms with E-state index in [1.54, 1.807) is 18.4 Å². The summed E-state index contributed by atoms with van der Waals surface area (Å²) in [5, 5.41) is 6.44. The molecule has 0 saturated heterocycles. The molecule has 0 aliphatic heterocycles. The Bertz CT molecular complexity index is 939. The molecule has 0 atom stereocenters. The summed E-state index contributed by atoms with van der Waals surface area (Å²) in [6.45, 7) is 3.70. The van der Waals surface area contributed by atoms with E-state index in [-0.39, 0.29) is 24.0 Å². The molecule has 2 aromatic carbocycles. The van der Waals surface area contributed by atoms with Crippen molar-refractivity contribution in [2.75, 3.05) is 6.54 Å². The van der Waals surface area contributed by atoms with Crippen LogP contribution < -0.4 is 16.4 Å². The van der Waals surface area contributed by atoms with Gasteiger partial charge in [0.1, 0.15) is 6.26 Å². The number of nitrogens with two attached hydrogens (primary N) is 1. The topological polar surface area (TPSA) is 106 Å². The van der Waals surface area contributed by atoms with Gasteiger partial charge in [-0.3, -0.25) is 4.79 Å². The Hall–Kier alpha value is -2.88. The van der Waals surface area contributed by atoms with Gasteiger partial charge in [-0.2, -0.15) is 0 Å². The fraction of sp³-hybridized carbons (Fsp3) is 0.190. The van der Waals surface area contributed by atoms with E-state index in [0.717, 1.165) is 23.4 Å². The molecule has 0 unspecified atom stereocenters. The molecular formula is C21H24IN5O2. The second kappa shape index (κ2) is 11.2. The number of amides is 1. The van der Waals surface area contributed by atoms with Crippen molar-refractivity contribution in [1.82, 2.24) is 15.6 Å². The number of primary amides is 1. The van der Waals surface area contributed by atoms with Gasteiger partial charge < -0.3 is 20.8 Å². The highest BCUT2D eigenvalue weighted by molar-refractivity contribution is 14.0. The number of hydrogen-bond donors (Lipinski definition) is 3. The molecule has 0 fully saturated rings. The molecule has 1 amide bonds. The minimum absolute atomic E-state index is 0. The molecule has 7 nitrogen and oxygen atoms in total. The molecule has 1 aromatic heterocycles. The van der Waals surface area contributed by atoms with Gasteiger partial charge in [0.05, 0.1) is 18.8 Å². The number of rotatable bonds is 7. The molecule has 152 valence electrons. The molecule has 0 aliphatic rings. The molecule has 0 spiro atoms. The normalized spacial score (nSPS) is 10.9. The van der Waals surface area contributed by atoms with E-state index in [0.29, 0.717) is 30.5 Å². The first-order valence-corrected chi connectivity index (χ1v) is 9.06. The van der Waals surface area contributed by atoms with Gasteiger partial charge in [-0.15, -0.1) is 24.0 Å². The predicted octanol–water partition coefficient (Wildman–Crippen LogP) is 3.31. The summed E-state index contributed by atoms with van der Waals surface area (Å²) >= 11 is 0. The number of carbonyl (C=O) groups excluding carboxylic acids is 1. The lowest BCUT2D eigenvalue weighted by molar-refractivity contribution is 0.100. The Morgan fingerprint density at radius 2 is 1.83 bits per heavy atom. The van der Waals surface area contributed by atoms with Gasteiger partial charge in [0.25, 0.3) is 0 Å². The zero-order valence-corrected chi connectivity index (χ0v) is 18.4. The van der Waals surface area contributed by atoms with Crippen LogP contribution >= 0.6 is 24.0 Å². The number of aromatic nitrogens is 1. The lowest BCUT2D eigenvalue weighted by Gasteiger charge is -2.10. The van der Waals surface area contributed by atoms with Gasteiger partial charge in [0.2, 0.25) is 11.8 Å². The first-order valence-electron chi connectivity index (χ1n) is 9.06. The van der Waals surface area contributed by atoms with Crippen molar-refractivity contribution in [3.63, 3.8) is 0 Å². The first-order chi connectivity index (χ1) is 13.7. The van der Waals surface area contributed by atoms with Gasteiger partial charge in [-0.25, -0.2) is 9.98 Å². The number of nitrogens with one attached hydrogen (secondary N) is 2. The monoisotopic (exact) mass is 505 g/mol. The number of carbonyl (C=O) groups is 1. The van der Waals surface area contributed by atoms with E-state index in [1.165, 1.54) is 0 Å². The molecule has 3 aromatic rings. The Morgan fingerprint density at radius 3 is 2.48 bits per heavy atom. The van der Waals surface area contributed by atoms with Crippen molar-refractivity contribution in [2.45, 2.75) is 20.0 Å². The molecule has 1 heterocycles. The van der Waals surface area contributed by atoms with Crippen LogP contribution in [0.1, 0.15) is 28.5 Å². The number of aliphatic imine (C=N–C) groups is 1. The highest BCUT2D eigenvalue weighted by Gasteiger charge is 2.07. The van der Waals surface area contributed by atoms with Crippen LogP contribution in [0, 0.1) is 0 Å². The zero-order valence-electron chi connectivity index (χ0n) is 16.1. The number of guanidine groups is 1. The van der Waals surface area contributed by atoms with Crippen LogP contribution in [0.5, 0.6) is 0 Å². The van der Waals surface area contributed by atoms with E-state index < -0.39 is 5.91 Å². The minimum atomic E-state index is -0.437. The Labute approximate surface area is 186 Å². The molecule has 0 bridgehead atoms. The molecule has 0 radical (unpaired) electrons. The third-order valence-corrected chi connectivity index (χ3v) is 4.01. The standard InChI is InChI=1S/C21H23N5O2.HI/c1-2-23-21(24-12-15-8-10-16(11-9-15)19(22)27)25-13-18-14-28-20(26-18)17-6-4-3-5-7-17;/h3-11,14H,2,12-13H2,1H3,(H2,22,27)(H2,23,24,25);1H. The lowest BCUT2D eigenvalue weighted by Crippen LogP contribution is -2.36. The maximum absolute atomic E-state index is 11.1. The highest BCUT2D eigenvalue weighted by atomic mass is 127. The average molecular weight is 505 g/mol. The second-order valence-electron chi connectivity index (χ2n) is 6.12. The molecule has 29 heavy (non-hydrogen) atoms. The quantitative estimate of drug-likeness (QED) is 0.260. The van der Waals surface area contributed by atoms with E-state index in [2.05, 4.69) is 20.6 Å². The summed E-state index contributed by atoms with van der Waals surface area (Å²) in [7, 11) is 0. The summed E-state index contributed by atoms with van der Waals surface area (Å²) in [5.74, 6) is 0.826. The third kappa shape index (κ3) is 6.60. The molecule has 3 rings (SSSR count). The van der Waals surface area contributed by atoms with Crippen LogP contribution in [0.4, 0.5) is 0 Å². The van der Waals surface area contributed by atoms with Crippen LogP contribution in [0.15, 0.2) is 70.3 Å². The van der Waals surface area contributed by atoms with E-state index in [9.17, 15) is 4.79 Å². The maximum atomic E-state index is 11.1. The molecule has 0 aliphatic carbocycles. The zero-order chi connectivity index (χ0) is 19.8. The Morgan fingerprint density at radius 1 is 1.10 bits per heavy atom. The van der Waals surface area contributed by atoms with Crippen LogP contribution in [-0.2, 0) is 13.1 Å². The van der Waals surface area contributed by atoms with Crippen molar-refractivity contribution in [1.29, 1.82) is 0 Å². The summed E-state index contributed by atoms with van der Waals surface area (Å²) in [6.07, 6.45) is 1.64. The number of oxazole rings is 1. The van der Waals surface area contributed by atoms with Gasteiger partial charge in [0, 0.05) is 17.7 Å². The van der Waals surface area contributed by atoms with Gasteiger partial charge >= 0.3 is 0 Å². The van der Waals surface area contributed by atoms with E-state index in [1.807, 2.05) is 49.4 Å². The summed E-state index contributed by atoms with van der Waals surface area (Å²) < 4.78 is 5.55. The van der Waals surface area contributed by atoms with Crippen molar-refractivity contribution < 1.29 is 9.21 Å². The number of benzene rings is 2. The van der Waals surface area contributed by atoms with Crippen LogP contribution in [0.2, 0.25) is 0 Å². The summed E-state index contributed by atoms with van der Waals surface area (Å²) in [5.41, 5.74) is 8.45. The SMILES string of the molecule is CCNC(=NCc1ccc(C(N)=O)cc1)NCc1coc(-c2ccccc2)n1.I. The van der Waals surface area contributed by atoms with Crippen molar-refractivity contribution in [3.05, 3.63) is 77.7 Å². The van der Waals surface area contributed by atoms with Gasteiger partial charge in [-0.05, 0) is 36.8 Å². The number of halogens is 1. The predicted molar refractivity (Wildman–Crippen MR) is 124 cm³/mol. The summed E-state index contributed by atoms with van der Waals surface area (Å²) in [6, 6.07) is 16.9. The van der Waals surface area contributed by atoms with Crippen molar-refractivity contribution in [2.24, 2.45) is 10.7 Å². The van der Waals surface area contributed by atoms with Crippen molar-refractivity contribution >= 4 is 35.8 Å². The number of nitrogens with zero attached hydrogens (tertiary/aromatic N) is 2. The summed E-state index contributed by atoms with van der Waals surface area (Å²) in [4.78, 5) is 20.2. The van der Waals surface area contributed by atoms with E-state index in [4.69, 9.17) is 10.2 Å². The van der Waals surface area contributed by atoms with Gasteiger partial charge in [-0.1, -0.05) is 30.3 Å². The average Bonchev–Trinajstić information content (AvgIpc) is 3.20. The van der Waals surface area contributed by atoms with Crippen molar-refractivity contribution in [3.8, 4) is 11.5 Å². The van der Waals surface area contributed by atoms with Crippen LogP contribution in [0.25, 0.3) is 11.5 Å². The Kier molecular flexibility index (Phi) is 8.66. The molecule has 8 heteroatoms. The first kappa shape index (κ1) is 22.4. The fourth-order valence-corrected chi connectivity index (χ4v) is 2.56. The fourth-order valence-electron chi connectivity index (χ4n) is 2.56. The number of hydrogen-bond acceptors (Lipinski definition) is 4. The maximum Gasteiger partial charge on any atom is 0.248 e. The molecule has 0 saturated carbocycles. The highest BCUT2D eigenvalue weighted by Crippen LogP contribution is 2.17.